The smallest absolute Gasteiger partial charge is 0.335 e. The number of hydrogen-bond acceptors (Lipinski definition) is 6. The molecule has 0 bridgehead atoms. The van der Waals surface area contributed by atoms with Gasteiger partial charge in [0.25, 0.3) is 5.56 Å². The number of carbonyl (C=O) groups is 1. The van der Waals surface area contributed by atoms with Gasteiger partial charge in [-0.25, -0.2) is 9.59 Å². The van der Waals surface area contributed by atoms with Gasteiger partial charge in [0.1, 0.15) is 11.5 Å². The molecule has 0 saturated heterocycles. The van der Waals surface area contributed by atoms with Crippen LogP contribution in [0.5, 0.6) is 0 Å². The van der Waals surface area contributed by atoms with Gasteiger partial charge in [0, 0.05) is 26.7 Å². The van der Waals surface area contributed by atoms with Gasteiger partial charge in [0.2, 0.25) is 0 Å². The van der Waals surface area contributed by atoms with Crippen LogP contribution >= 0.6 is 0 Å². The zero-order valence-electron chi connectivity index (χ0n) is 16.3. The lowest BCUT2D eigenvalue weighted by molar-refractivity contribution is 0.0696. The predicted octanol–water partition coefficient (Wildman–Crippen LogP) is 1.13. The number of carboxylic acid groups (broad SMARTS) is 1. The number of nitrogens with zero attached hydrogens (tertiary/aromatic N) is 2. The van der Waals surface area contributed by atoms with E-state index in [-0.39, 0.29) is 29.5 Å². The van der Waals surface area contributed by atoms with E-state index in [2.05, 4.69) is 4.98 Å². The fourth-order valence-electron chi connectivity index (χ4n) is 2.92. The maximum Gasteiger partial charge on any atom is 0.335 e. The molecule has 4 N–H and O–H groups in total. The third-order valence-corrected chi connectivity index (χ3v) is 4.19. The molecule has 9 heteroatoms. The van der Waals surface area contributed by atoms with Crippen molar-refractivity contribution in [1.29, 1.82) is 0 Å². The fourth-order valence-corrected chi connectivity index (χ4v) is 2.92. The molecule has 0 amide bonds. The summed E-state index contributed by atoms with van der Waals surface area (Å²) in [5.74, 6) is -0.806. The van der Waals surface area contributed by atoms with Crippen LogP contribution in [0.3, 0.4) is 0 Å². The summed E-state index contributed by atoms with van der Waals surface area (Å²) in [6, 6.07) is 6.44. The summed E-state index contributed by atoms with van der Waals surface area (Å²) in [7, 11) is 1.54. The Hall–Kier alpha value is -3.07. The number of nitrogen functional groups attached to an aromatic ring is 1. The first kappa shape index (κ1) is 21.2. The van der Waals surface area contributed by atoms with Gasteiger partial charge >= 0.3 is 11.7 Å². The number of nitrogens with one attached hydrogen (secondary N) is 1. The number of aromatic amines is 1. The van der Waals surface area contributed by atoms with Gasteiger partial charge in [0.05, 0.1) is 12.2 Å². The molecule has 28 heavy (non-hydrogen) atoms. The second-order valence-corrected chi connectivity index (χ2v) is 6.92. The highest BCUT2D eigenvalue weighted by molar-refractivity contribution is 5.87. The van der Waals surface area contributed by atoms with Crippen molar-refractivity contribution >= 4 is 17.5 Å². The zero-order valence-corrected chi connectivity index (χ0v) is 16.3. The molecule has 9 nitrogen and oxygen atoms in total. The lowest BCUT2D eigenvalue weighted by Crippen LogP contribution is -2.40. The molecule has 2 aromatic rings. The van der Waals surface area contributed by atoms with Gasteiger partial charge in [-0.15, -0.1) is 0 Å². The van der Waals surface area contributed by atoms with E-state index in [1.54, 1.807) is 17.0 Å². The molecule has 0 aliphatic heterocycles. The minimum atomic E-state index is -1.03. The topological polar surface area (TPSA) is 131 Å². The number of benzene rings is 1. The van der Waals surface area contributed by atoms with Crippen LogP contribution in [0.25, 0.3) is 0 Å². The van der Waals surface area contributed by atoms with Gasteiger partial charge in [0.15, 0.2) is 0 Å². The fraction of sp³-hybridized carbons (Fsp3) is 0.421. The Bertz CT molecular complexity index is 948. The summed E-state index contributed by atoms with van der Waals surface area (Å²) in [5, 5.41) is 9.19. The summed E-state index contributed by atoms with van der Waals surface area (Å²) < 4.78 is 6.48. The normalized spacial score (nSPS) is 11.0. The van der Waals surface area contributed by atoms with Crippen LogP contribution in [-0.4, -0.2) is 40.9 Å². The number of hydrogen-bond donors (Lipinski definition) is 3. The van der Waals surface area contributed by atoms with Crippen molar-refractivity contribution in [3.8, 4) is 0 Å². The second-order valence-electron chi connectivity index (χ2n) is 6.92. The summed E-state index contributed by atoms with van der Waals surface area (Å²) in [6.07, 6.45) is 0. The Balaban J connectivity index is 2.51. The molecule has 0 spiro atoms. The van der Waals surface area contributed by atoms with E-state index in [1.165, 1.54) is 23.8 Å². The number of nitrogens with two attached hydrogens (primary N) is 1. The Kier molecular flexibility index (Phi) is 7.00. The van der Waals surface area contributed by atoms with Gasteiger partial charge in [-0.1, -0.05) is 26.0 Å². The lowest BCUT2D eigenvalue weighted by Gasteiger charge is -2.26. The van der Waals surface area contributed by atoms with Crippen molar-refractivity contribution in [2.45, 2.75) is 26.9 Å². The molecule has 0 radical (unpaired) electrons. The van der Waals surface area contributed by atoms with Crippen LogP contribution in [0.4, 0.5) is 11.5 Å². The molecule has 0 atom stereocenters. The molecule has 2 rings (SSSR count). The highest BCUT2D eigenvalue weighted by Gasteiger charge is 2.20. The predicted molar refractivity (Wildman–Crippen MR) is 107 cm³/mol. The van der Waals surface area contributed by atoms with Gasteiger partial charge < -0.3 is 20.5 Å². The number of carboxylic acids is 1. The van der Waals surface area contributed by atoms with Crippen molar-refractivity contribution in [1.82, 2.24) is 9.55 Å². The van der Waals surface area contributed by atoms with E-state index in [4.69, 9.17) is 10.5 Å². The number of ether oxygens (including phenoxy) is 1. The van der Waals surface area contributed by atoms with Gasteiger partial charge in [-0.3, -0.25) is 14.3 Å². The molecule has 0 fully saturated rings. The van der Waals surface area contributed by atoms with E-state index < -0.39 is 17.2 Å². The van der Waals surface area contributed by atoms with Crippen LogP contribution in [0.1, 0.15) is 29.8 Å². The summed E-state index contributed by atoms with van der Waals surface area (Å²) >= 11 is 0. The second kappa shape index (κ2) is 9.23. The molecule has 152 valence electrons. The summed E-state index contributed by atoms with van der Waals surface area (Å²) in [5.41, 5.74) is 6.06. The molecule has 0 saturated carbocycles. The number of anilines is 2. The monoisotopic (exact) mass is 390 g/mol. The van der Waals surface area contributed by atoms with Crippen LogP contribution in [0.2, 0.25) is 0 Å². The Morgan fingerprint density at radius 1 is 1.36 bits per heavy atom. The number of aromatic nitrogens is 2. The molecular weight excluding hydrogens is 364 g/mol. The maximum atomic E-state index is 12.5. The zero-order chi connectivity index (χ0) is 20.8. The standard InChI is InChI=1S/C19H26N4O5/c1-12(2)10-23-16(20)15(17(24)21-19(23)27)22(7-8-28-3)11-13-5-4-6-14(9-13)18(25)26/h4-6,9,12H,7-8,10-11,20H2,1-3H3,(H,25,26)(H,21,24,27). The number of rotatable bonds is 9. The van der Waals surface area contributed by atoms with Crippen LogP contribution in [-0.2, 0) is 17.8 Å². The van der Waals surface area contributed by atoms with Gasteiger partial charge in [-0.05, 0) is 23.6 Å². The quantitative estimate of drug-likeness (QED) is 0.585. The lowest BCUT2D eigenvalue weighted by atomic mass is 10.1. The Morgan fingerprint density at radius 3 is 2.68 bits per heavy atom. The molecule has 0 aliphatic carbocycles. The molecule has 1 heterocycles. The minimum Gasteiger partial charge on any atom is -0.478 e. The third-order valence-electron chi connectivity index (χ3n) is 4.19. The van der Waals surface area contributed by atoms with Crippen molar-refractivity contribution in [2.75, 3.05) is 30.9 Å². The number of H-pyrrole nitrogens is 1. The van der Waals surface area contributed by atoms with Crippen LogP contribution in [0.15, 0.2) is 33.9 Å². The Labute approximate surface area is 162 Å². The van der Waals surface area contributed by atoms with Crippen molar-refractivity contribution in [3.05, 3.63) is 56.2 Å². The molecule has 1 aromatic carbocycles. The summed E-state index contributed by atoms with van der Waals surface area (Å²) in [6.45, 7) is 5.13. The largest absolute Gasteiger partial charge is 0.478 e. The first-order valence-electron chi connectivity index (χ1n) is 8.93. The first-order valence-corrected chi connectivity index (χ1v) is 8.93. The average Bonchev–Trinajstić information content (AvgIpc) is 2.62. The van der Waals surface area contributed by atoms with E-state index >= 15 is 0 Å². The SMILES string of the molecule is COCCN(Cc1cccc(C(=O)O)c1)c1c(N)n(CC(C)C)c(=O)[nH]c1=O. The van der Waals surface area contributed by atoms with Crippen molar-refractivity contribution in [3.63, 3.8) is 0 Å². The highest BCUT2D eigenvalue weighted by atomic mass is 16.5. The highest BCUT2D eigenvalue weighted by Crippen LogP contribution is 2.20. The maximum absolute atomic E-state index is 12.5. The average molecular weight is 390 g/mol. The number of aromatic carboxylic acids is 1. The third kappa shape index (κ3) is 5.01. The molecule has 0 aliphatic rings. The molecular formula is C19H26N4O5. The van der Waals surface area contributed by atoms with E-state index in [9.17, 15) is 19.5 Å². The van der Waals surface area contributed by atoms with E-state index in [0.29, 0.717) is 25.3 Å². The van der Waals surface area contributed by atoms with Crippen molar-refractivity contribution < 1.29 is 14.6 Å². The number of methoxy groups -OCH3 is 1. The van der Waals surface area contributed by atoms with Crippen LogP contribution in [0, 0.1) is 5.92 Å². The van der Waals surface area contributed by atoms with E-state index in [0.717, 1.165) is 0 Å². The van der Waals surface area contributed by atoms with E-state index in [1.807, 2.05) is 13.8 Å². The van der Waals surface area contributed by atoms with Gasteiger partial charge in [-0.2, -0.15) is 0 Å². The van der Waals surface area contributed by atoms with Crippen LogP contribution < -0.4 is 21.9 Å². The minimum absolute atomic E-state index is 0.0768. The first-order chi connectivity index (χ1) is 13.2. The Morgan fingerprint density at radius 2 is 2.07 bits per heavy atom. The summed E-state index contributed by atoms with van der Waals surface area (Å²) in [4.78, 5) is 40.0. The molecule has 1 aromatic heterocycles. The molecule has 0 unspecified atom stereocenters. The van der Waals surface area contributed by atoms with Crippen molar-refractivity contribution in [2.24, 2.45) is 5.92 Å².